The average Bonchev–Trinajstić information content (AvgIpc) is 2.57. The van der Waals surface area contributed by atoms with Gasteiger partial charge in [0.05, 0.1) is 6.54 Å². The Morgan fingerprint density at radius 1 is 1.20 bits per heavy atom. The summed E-state index contributed by atoms with van der Waals surface area (Å²) in [7, 11) is 1.64. The fraction of sp³-hybridized carbons (Fsp3) is 0.263. The molecule has 2 amide bonds. The van der Waals surface area contributed by atoms with Crippen LogP contribution in [0, 0.1) is 6.92 Å². The number of amides is 2. The van der Waals surface area contributed by atoms with Crippen LogP contribution < -0.4 is 5.32 Å². The Labute approximate surface area is 161 Å². The number of likely N-dealkylation sites (N-methyl/N-ethyl adjacent to an activating group) is 1. The molecule has 0 saturated heterocycles. The van der Waals surface area contributed by atoms with Crippen molar-refractivity contribution in [2.24, 2.45) is 0 Å². The normalized spacial score (nSPS) is 10.4. The average molecular weight is 421 g/mol. The maximum Gasteiger partial charge on any atom is 0.254 e. The van der Waals surface area contributed by atoms with Crippen LogP contribution in [0.15, 0.2) is 46.9 Å². The van der Waals surface area contributed by atoms with Crippen molar-refractivity contribution in [1.29, 1.82) is 0 Å². The Bertz CT molecular complexity index is 780. The maximum absolute atomic E-state index is 12.5. The van der Waals surface area contributed by atoms with Gasteiger partial charge >= 0.3 is 0 Å². The molecule has 0 aliphatic heterocycles. The van der Waals surface area contributed by atoms with Crippen LogP contribution in [0.3, 0.4) is 0 Å². The van der Waals surface area contributed by atoms with Crippen molar-refractivity contribution in [1.82, 2.24) is 4.90 Å². The van der Waals surface area contributed by atoms with Gasteiger partial charge in [0.25, 0.3) is 5.91 Å². The van der Waals surface area contributed by atoms with Gasteiger partial charge in [-0.3, -0.25) is 9.59 Å². The zero-order chi connectivity index (χ0) is 18.4. The van der Waals surface area contributed by atoms with Crippen molar-refractivity contribution in [3.63, 3.8) is 0 Å². The molecule has 1 N–H and O–H groups in total. The van der Waals surface area contributed by atoms with Gasteiger partial charge in [0.1, 0.15) is 0 Å². The molecule has 4 nitrogen and oxygen atoms in total. The number of anilines is 1. The predicted molar refractivity (Wildman–Crippen MR) is 108 cm³/mol. The summed E-state index contributed by atoms with van der Waals surface area (Å²) in [5, 5.41) is 2.85. The molecule has 0 radical (unpaired) electrons. The second-order valence-corrected chi connectivity index (χ2v) is 7.58. The van der Waals surface area contributed by atoms with E-state index in [2.05, 4.69) is 21.2 Å². The van der Waals surface area contributed by atoms with Gasteiger partial charge in [0.2, 0.25) is 5.91 Å². The first-order chi connectivity index (χ1) is 11.9. The molecular weight excluding hydrogens is 400 g/mol. The van der Waals surface area contributed by atoms with Crippen LogP contribution in [0.5, 0.6) is 0 Å². The second kappa shape index (κ2) is 9.06. The third-order valence-electron chi connectivity index (χ3n) is 3.67. The van der Waals surface area contributed by atoms with Gasteiger partial charge in [-0.2, -0.15) is 11.8 Å². The van der Waals surface area contributed by atoms with Crippen molar-refractivity contribution in [3.05, 3.63) is 63.6 Å². The lowest BCUT2D eigenvalue weighted by Crippen LogP contribution is -2.35. The Morgan fingerprint density at radius 3 is 2.64 bits per heavy atom. The lowest BCUT2D eigenvalue weighted by atomic mass is 10.1. The SMILES string of the molecule is CSCc1cccc(C(=O)N(C)CC(=O)Nc2ccc(Br)cc2C)c1. The van der Waals surface area contributed by atoms with E-state index >= 15 is 0 Å². The Balaban J connectivity index is 2.00. The van der Waals surface area contributed by atoms with Crippen LogP contribution in [0.1, 0.15) is 21.5 Å². The molecule has 25 heavy (non-hydrogen) atoms. The molecule has 0 atom stereocenters. The summed E-state index contributed by atoms with van der Waals surface area (Å²) in [4.78, 5) is 26.2. The number of hydrogen-bond acceptors (Lipinski definition) is 3. The van der Waals surface area contributed by atoms with Crippen LogP contribution in [0.4, 0.5) is 5.69 Å². The summed E-state index contributed by atoms with van der Waals surface area (Å²) in [6.07, 6.45) is 2.02. The van der Waals surface area contributed by atoms with Crippen molar-refractivity contribution >= 4 is 45.2 Å². The predicted octanol–water partition coefficient (Wildman–Crippen LogP) is 4.33. The largest absolute Gasteiger partial charge is 0.332 e. The molecule has 2 rings (SSSR count). The Hall–Kier alpha value is -1.79. The van der Waals surface area contributed by atoms with Crippen molar-refractivity contribution in [2.75, 3.05) is 25.2 Å². The van der Waals surface area contributed by atoms with Crippen molar-refractivity contribution in [3.8, 4) is 0 Å². The summed E-state index contributed by atoms with van der Waals surface area (Å²) in [6, 6.07) is 13.2. The van der Waals surface area contributed by atoms with E-state index in [9.17, 15) is 9.59 Å². The van der Waals surface area contributed by atoms with E-state index in [1.54, 1.807) is 24.9 Å². The van der Waals surface area contributed by atoms with E-state index in [0.29, 0.717) is 5.56 Å². The minimum atomic E-state index is -0.221. The number of carbonyl (C=O) groups is 2. The zero-order valence-electron chi connectivity index (χ0n) is 14.5. The van der Waals surface area contributed by atoms with Crippen LogP contribution in [-0.4, -0.2) is 36.6 Å². The minimum absolute atomic E-state index is 0.00108. The van der Waals surface area contributed by atoms with E-state index in [1.165, 1.54) is 4.90 Å². The summed E-state index contributed by atoms with van der Waals surface area (Å²) >= 11 is 5.10. The van der Waals surface area contributed by atoms with Gasteiger partial charge in [-0.1, -0.05) is 28.1 Å². The minimum Gasteiger partial charge on any atom is -0.332 e. The van der Waals surface area contributed by atoms with E-state index in [4.69, 9.17) is 0 Å². The molecule has 132 valence electrons. The first-order valence-corrected chi connectivity index (χ1v) is 9.98. The molecule has 0 fully saturated rings. The maximum atomic E-state index is 12.5. The van der Waals surface area contributed by atoms with Gasteiger partial charge in [0.15, 0.2) is 0 Å². The first-order valence-electron chi connectivity index (χ1n) is 7.80. The number of thioether (sulfide) groups is 1. The molecule has 2 aromatic carbocycles. The molecule has 0 aliphatic carbocycles. The fourth-order valence-electron chi connectivity index (χ4n) is 2.43. The molecule has 0 aromatic heterocycles. The number of benzene rings is 2. The third-order valence-corrected chi connectivity index (χ3v) is 4.79. The molecule has 0 aliphatic rings. The van der Waals surface area contributed by atoms with Gasteiger partial charge in [-0.15, -0.1) is 0 Å². The van der Waals surface area contributed by atoms with Gasteiger partial charge in [-0.25, -0.2) is 0 Å². The van der Waals surface area contributed by atoms with Crippen LogP contribution >= 0.6 is 27.7 Å². The number of rotatable bonds is 6. The number of hydrogen-bond donors (Lipinski definition) is 1. The van der Waals surface area contributed by atoms with Crippen LogP contribution in [0.25, 0.3) is 0 Å². The van der Waals surface area contributed by atoms with Gasteiger partial charge < -0.3 is 10.2 Å². The van der Waals surface area contributed by atoms with Crippen molar-refractivity contribution < 1.29 is 9.59 Å². The topological polar surface area (TPSA) is 49.4 Å². The lowest BCUT2D eigenvalue weighted by molar-refractivity contribution is -0.116. The van der Waals surface area contributed by atoms with Crippen LogP contribution in [-0.2, 0) is 10.5 Å². The van der Waals surface area contributed by atoms with E-state index in [1.807, 2.05) is 49.6 Å². The Kier molecular flexibility index (Phi) is 7.08. The van der Waals surface area contributed by atoms with Gasteiger partial charge in [-0.05, 0) is 54.6 Å². The molecule has 0 heterocycles. The molecule has 0 unspecified atom stereocenters. The van der Waals surface area contributed by atoms with Gasteiger partial charge in [0, 0.05) is 28.5 Å². The summed E-state index contributed by atoms with van der Waals surface area (Å²) < 4.78 is 0.959. The number of aryl methyl sites for hydroxylation is 1. The summed E-state index contributed by atoms with van der Waals surface area (Å²) in [6.45, 7) is 1.92. The lowest BCUT2D eigenvalue weighted by Gasteiger charge is -2.18. The fourth-order valence-corrected chi connectivity index (χ4v) is 3.41. The van der Waals surface area contributed by atoms with E-state index in [0.717, 1.165) is 27.0 Å². The van der Waals surface area contributed by atoms with E-state index < -0.39 is 0 Å². The highest BCUT2D eigenvalue weighted by Crippen LogP contribution is 2.20. The Morgan fingerprint density at radius 2 is 1.96 bits per heavy atom. The highest BCUT2D eigenvalue weighted by Gasteiger charge is 2.16. The molecule has 6 heteroatoms. The molecule has 0 spiro atoms. The molecular formula is C19H21BrN2O2S. The van der Waals surface area contributed by atoms with E-state index in [-0.39, 0.29) is 18.4 Å². The number of nitrogens with zero attached hydrogens (tertiary/aromatic N) is 1. The standard InChI is InChI=1S/C19H21BrN2O2S/c1-13-9-16(20)7-8-17(13)21-18(23)11-22(2)19(24)15-6-4-5-14(10-15)12-25-3/h4-10H,11-12H2,1-3H3,(H,21,23). The zero-order valence-corrected chi connectivity index (χ0v) is 16.9. The summed E-state index contributed by atoms with van der Waals surface area (Å²) in [5.74, 6) is 0.473. The smallest absolute Gasteiger partial charge is 0.254 e. The molecule has 0 saturated carbocycles. The third kappa shape index (κ3) is 5.61. The second-order valence-electron chi connectivity index (χ2n) is 5.80. The quantitative estimate of drug-likeness (QED) is 0.756. The summed E-state index contributed by atoms with van der Waals surface area (Å²) in [5.41, 5.74) is 3.40. The first kappa shape index (κ1) is 19.5. The van der Waals surface area contributed by atoms with Crippen LogP contribution in [0.2, 0.25) is 0 Å². The molecule has 0 bridgehead atoms. The highest BCUT2D eigenvalue weighted by atomic mass is 79.9. The molecule has 2 aromatic rings. The van der Waals surface area contributed by atoms with Crippen molar-refractivity contribution in [2.45, 2.75) is 12.7 Å². The number of nitrogens with one attached hydrogen (secondary N) is 1. The number of carbonyl (C=O) groups excluding carboxylic acids is 2. The number of halogens is 1. The monoisotopic (exact) mass is 420 g/mol. The highest BCUT2D eigenvalue weighted by molar-refractivity contribution is 9.10.